The third kappa shape index (κ3) is 4.76. The quantitative estimate of drug-likeness (QED) is 0.663. The molecule has 0 spiro atoms. The highest BCUT2D eigenvalue weighted by atomic mass is 16.4. The normalized spacial score (nSPS) is 16.7. The van der Waals surface area contributed by atoms with E-state index in [1.165, 1.54) is 4.90 Å². The monoisotopic (exact) mass is 271 g/mol. The van der Waals surface area contributed by atoms with Gasteiger partial charge in [0.05, 0.1) is 18.5 Å². The van der Waals surface area contributed by atoms with Crippen LogP contribution in [0.25, 0.3) is 0 Å². The minimum Gasteiger partial charge on any atom is -0.481 e. The minimum atomic E-state index is -0.924. The Bertz CT molecular complexity index is 362. The summed E-state index contributed by atoms with van der Waals surface area (Å²) in [5, 5.41) is 14.1. The number of nitrogens with zero attached hydrogens (tertiary/aromatic N) is 1. The summed E-state index contributed by atoms with van der Waals surface area (Å²) >= 11 is 0. The van der Waals surface area contributed by atoms with Crippen molar-refractivity contribution >= 4 is 17.9 Å². The van der Waals surface area contributed by atoms with Crippen LogP contribution >= 0.6 is 0 Å². The molecule has 0 unspecified atom stereocenters. The zero-order chi connectivity index (χ0) is 14.5. The highest BCUT2D eigenvalue weighted by molar-refractivity contribution is 5.84. The topological polar surface area (TPSA) is 98.7 Å². The molecule has 0 aliphatic heterocycles. The van der Waals surface area contributed by atoms with E-state index in [4.69, 9.17) is 5.11 Å². The first-order valence-electron chi connectivity index (χ1n) is 6.33. The van der Waals surface area contributed by atoms with Gasteiger partial charge in [-0.2, -0.15) is 0 Å². The number of likely N-dealkylation sites (N-methyl/N-ethyl adjacent to an activating group) is 1. The molecule has 0 aromatic carbocycles. The lowest BCUT2D eigenvalue weighted by Crippen LogP contribution is -2.52. The molecule has 0 saturated heterocycles. The van der Waals surface area contributed by atoms with Gasteiger partial charge in [0.1, 0.15) is 0 Å². The summed E-state index contributed by atoms with van der Waals surface area (Å²) in [6.07, 6.45) is 3.05. The summed E-state index contributed by atoms with van der Waals surface area (Å²) in [5.41, 5.74) is -0.670. The van der Waals surface area contributed by atoms with Crippen LogP contribution in [-0.2, 0) is 9.59 Å². The number of carboxylic acid groups (broad SMARTS) is 1. The van der Waals surface area contributed by atoms with Crippen molar-refractivity contribution in [3.8, 4) is 0 Å². The third-order valence-electron chi connectivity index (χ3n) is 3.33. The summed E-state index contributed by atoms with van der Waals surface area (Å²) in [6.45, 7) is -0.0953. The Labute approximate surface area is 112 Å². The zero-order valence-corrected chi connectivity index (χ0v) is 11.4. The molecule has 1 aliphatic carbocycles. The highest BCUT2D eigenvalue weighted by Crippen LogP contribution is 2.32. The summed E-state index contributed by atoms with van der Waals surface area (Å²) in [6, 6.07) is -0.488. The second-order valence-corrected chi connectivity index (χ2v) is 5.15. The van der Waals surface area contributed by atoms with E-state index in [1.54, 1.807) is 14.1 Å². The molecule has 0 heterocycles. The Morgan fingerprint density at radius 3 is 2.26 bits per heavy atom. The number of nitrogens with one attached hydrogen (secondary N) is 2. The number of carboxylic acids is 1. The molecule has 3 N–H and O–H groups in total. The maximum absolute atomic E-state index is 11.7. The zero-order valence-electron chi connectivity index (χ0n) is 11.4. The van der Waals surface area contributed by atoms with Crippen LogP contribution < -0.4 is 10.6 Å². The molecular formula is C12H21N3O4. The summed E-state index contributed by atoms with van der Waals surface area (Å²) < 4.78 is 0. The molecular weight excluding hydrogens is 250 g/mol. The lowest BCUT2D eigenvalue weighted by atomic mass is 9.93. The van der Waals surface area contributed by atoms with Crippen LogP contribution in [0.5, 0.6) is 0 Å². The lowest BCUT2D eigenvalue weighted by Gasteiger charge is -2.28. The van der Waals surface area contributed by atoms with Crippen LogP contribution in [0.3, 0.4) is 0 Å². The largest absolute Gasteiger partial charge is 0.481 e. The number of aliphatic carboxylic acids is 1. The first kappa shape index (κ1) is 15.3. The molecule has 0 aromatic heterocycles. The molecule has 0 aromatic rings. The molecule has 108 valence electrons. The second kappa shape index (κ2) is 6.40. The first-order chi connectivity index (χ1) is 8.84. The molecule has 0 atom stereocenters. The fourth-order valence-electron chi connectivity index (χ4n) is 2.29. The van der Waals surface area contributed by atoms with Crippen molar-refractivity contribution in [2.24, 2.45) is 0 Å². The van der Waals surface area contributed by atoms with Crippen molar-refractivity contribution in [3.05, 3.63) is 0 Å². The highest BCUT2D eigenvalue weighted by Gasteiger charge is 2.37. The number of hydrogen-bond acceptors (Lipinski definition) is 3. The van der Waals surface area contributed by atoms with Gasteiger partial charge in [-0.3, -0.25) is 9.59 Å². The van der Waals surface area contributed by atoms with Gasteiger partial charge in [0.2, 0.25) is 5.91 Å². The first-order valence-corrected chi connectivity index (χ1v) is 6.33. The average Bonchev–Trinajstić information content (AvgIpc) is 2.72. The van der Waals surface area contributed by atoms with Crippen LogP contribution in [0.2, 0.25) is 0 Å². The fourth-order valence-corrected chi connectivity index (χ4v) is 2.29. The molecule has 7 heteroatoms. The van der Waals surface area contributed by atoms with Gasteiger partial charge >= 0.3 is 12.0 Å². The van der Waals surface area contributed by atoms with Crippen molar-refractivity contribution in [2.45, 2.75) is 37.6 Å². The van der Waals surface area contributed by atoms with E-state index in [0.717, 1.165) is 12.8 Å². The molecule has 1 saturated carbocycles. The SMILES string of the molecule is CN(C)C(=O)CNC(=O)NC1(CC(=O)O)CCCC1. The van der Waals surface area contributed by atoms with Crippen molar-refractivity contribution in [2.75, 3.05) is 20.6 Å². The van der Waals surface area contributed by atoms with Gasteiger partial charge in [-0.05, 0) is 12.8 Å². The van der Waals surface area contributed by atoms with Crippen molar-refractivity contribution in [1.29, 1.82) is 0 Å². The number of carbonyl (C=O) groups excluding carboxylic acids is 2. The molecule has 1 rings (SSSR count). The molecule has 3 amide bonds. The van der Waals surface area contributed by atoms with Gasteiger partial charge in [0.25, 0.3) is 0 Å². The van der Waals surface area contributed by atoms with Gasteiger partial charge in [0, 0.05) is 14.1 Å². The average molecular weight is 271 g/mol. The lowest BCUT2D eigenvalue weighted by molar-refractivity contribution is -0.138. The number of hydrogen-bond donors (Lipinski definition) is 3. The van der Waals surface area contributed by atoms with Gasteiger partial charge in [-0.25, -0.2) is 4.79 Å². The van der Waals surface area contributed by atoms with E-state index in [2.05, 4.69) is 10.6 Å². The van der Waals surface area contributed by atoms with Crippen molar-refractivity contribution < 1.29 is 19.5 Å². The summed E-state index contributed by atoms with van der Waals surface area (Å²) in [4.78, 5) is 35.3. The van der Waals surface area contributed by atoms with Crippen LogP contribution in [0.15, 0.2) is 0 Å². The number of urea groups is 1. The van der Waals surface area contributed by atoms with E-state index >= 15 is 0 Å². The molecule has 1 fully saturated rings. The van der Waals surface area contributed by atoms with E-state index in [-0.39, 0.29) is 18.9 Å². The predicted molar refractivity (Wildman–Crippen MR) is 68.7 cm³/mol. The van der Waals surface area contributed by atoms with E-state index in [0.29, 0.717) is 12.8 Å². The van der Waals surface area contributed by atoms with Crippen LogP contribution in [0.1, 0.15) is 32.1 Å². The minimum absolute atomic E-state index is 0.0813. The van der Waals surface area contributed by atoms with Gasteiger partial charge < -0.3 is 20.6 Å². The summed E-state index contributed by atoms with van der Waals surface area (Å²) in [7, 11) is 3.20. The Balaban J connectivity index is 2.48. The van der Waals surface area contributed by atoms with E-state index < -0.39 is 17.5 Å². The van der Waals surface area contributed by atoms with Crippen LogP contribution in [0, 0.1) is 0 Å². The van der Waals surface area contributed by atoms with Gasteiger partial charge in [0.15, 0.2) is 0 Å². The molecule has 1 aliphatic rings. The predicted octanol–water partition coefficient (Wildman–Crippen LogP) is 0.161. The molecule has 7 nitrogen and oxygen atoms in total. The van der Waals surface area contributed by atoms with E-state index in [9.17, 15) is 14.4 Å². The van der Waals surface area contributed by atoms with Crippen LogP contribution in [-0.4, -0.2) is 54.1 Å². The third-order valence-corrected chi connectivity index (χ3v) is 3.33. The Kier molecular flexibility index (Phi) is 5.14. The number of carbonyl (C=O) groups is 3. The molecule has 0 radical (unpaired) electrons. The smallest absolute Gasteiger partial charge is 0.315 e. The maximum Gasteiger partial charge on any atom is 0.315 e. The number of amides is 3. The molecule has 19 heavy (non-hydrogen) atoms. The van der Waals surface area contributed by atoms with Crippen molar-refractivity contribution in [3.63, 3.8) is 0 Å². The standard InChI is InChI=1S/C12H21N3O4/c1-15(2)9(16)8-13-11(19)14-12(7-10(17)18)5-3-4-6-12/h3-8H2,1-2H3,(H,17,18)(H2,13,14,19). The van der Waals surface area contributed by atoms with Crippen LogP contribution in [0.4, 0.5) is 4.79 Å². The van der Waals surface area contributed by atoms with Gasteiger partial charge in [-0.15, -0.1) is 0 Å². The summed E-state index contributed by atoms with van der Waals surface area (Å²) in [5.74, 6) is -1.14. The Morgan fingerprint density at radius 2 is 1.79 bits per heavy atom. The Hall–Kier alpha value is -1.79. The number of rotatable bonds is 5. The van der Waals surface area contributed by atoms with Gasteiger partial charge in [-0.1, -0.05) is 12.8 Å². The second-order valence-electron chi connectivity index (χ2n) is 5.15. The maximum atomic E-state index is 11.7. The molecule has 0 bridgehead atoms. The van der Waals surface area contributed by atoms with E-state index in [1.807, 2.05) is 0 Å². The fraction of sp³-hybridized carbons (Fsp3) is 0.750. The van der Waals surface area contributed by atoms with Crippen molar-refractivity contribution in [1.82, 2.24) is 15.5 Å². The Morgan fingerprint density at radius 1 is 1.21 bits per heavy atom.